The number of aliphatic hydroxyl groups excluding tert-OH is 2. The molecule has 1 atom stereocenters. The van der Waals surface area contributed by atoms with Crippen LogP contribution >= 0.6 is 31.9 Å². The highest BCUT2D eigenvalue weighted by atomic mass is 79.9. The fourth-order valence-corrected chi connectivity index (χ4v) is 1.56. The Balaban J connectivity index is 2.31. The van der Waals surface area contributed by atoms with Gasteiger partial charge in [-0.15, -0.1) is 0 Å². The van der Waals surface area contributed by atoms with Gasteiger partial charge in [0.25, 0.3) is 0 Å². The van der Waals surface area contributed by atoms with Gasteiger partial charge in [0.2, 0.25) is 0 Å². The molecule has 3 N–H and O–H groups in total. The number of aliphatic hydroxyl groups is 2. The molecule has 1 aromatic rings. The molecule has 0 bridgehead atoms. The summed E-state index contributed by atoms with van der Waals surface area (Å²) in [6.07, 6.45) is -0.725. The van der Waals surface area contributed by atoms with Gasteiger partial charge in [-0.05, 0) is 37.9 Å². The summed E-state index contributed by atoms with van der Waals surface area (Å²) in [5, 5.41) is 20.5. The zero-order chi connectivity index (χ0) is 10.6. The molecule has 0 amide bonds. The molecule has 4 nitrogen and oxygen atoms in total. The summed E-state index contributed by atoms with van der Waals surface area (Å²) in [7, 11) is 0. The molecular formula is C8H11Br2NO3. The van der Waals surface area contributed by atoms with E-state index in [0.29, 0.717) is 17.8 Å². The molecule has 0 aliphatic rings. The standard InChI is InChI=1S/C8H11Br2NO3/c9-7-1-6(14-8(7)10)3-11-2-5(13)4-12/h1,5,11-13H,2-4H2. The summed E-state index contributed by atoms with van der Waals surface area (Å²) in [5.74, 6) is 0.758. The van der Waals surface area contributed by atoms with Gasteiger partial charge in [-0.2, -0.15) is 0 Å². The lowest BCUT2D eigenvalue weighted by Gasteiger charge is -2.06. The average Bonchev–Trinajstić information content (AvgIpc) is 2.46. The van der Waals surface area contributed by atoms with Crippen molar-refractivity contribution in [1.29, 1.82) is 0 Å². The van der Waals surface area contributed by atoms with Gasteiger partial charge in [-0.1, -0.05) is 0 Å². The van der Waals surface area contributed by atoms with Crippen LogP contribution in [0.25, 0.3) is 0 Å². The molecule has 0 saturated carbocycles. The molecule has 6 heteroatoms. The van der Waals surface area contributed by atoms with E-state index in [1.807, 2.05) is 6.07 Å². The van der Waals surface area contributed by atoms with Gasteiger partial charge in [0.1, 0.15) is 5.76 Å². The maximum absolute atomic E-state index is 9.03. The van der Waals surface area contributed by atoms with Crippen molar-refractivity contribution >= 4 is 31.9 Å². The van der Waals surface area contributed by atoms with E-state index in [0.717, 1.165) is 10.2 Å². The van der Waals surface area contributed by atoms with Crippen molar-refractivity contribution < 1.29 is 14.6 Å². The minimum atomic E-state index is -0.725. The lowest BCUT2D eigenvalue weighted by Crippen LogP contribution is -2.28. The first kappa shape index (κ1) is 12.2. The Kier molecular flexibility index (Phi) is 5.11. The Bertz CT molecular complexity index is 271. The molecule has 1 unspecified atom stereocenters. The molecule has 0 fully saturated rings. The first-order valence-corrected chi connectivity index (χ1v) is 5.65. The Labute approximate surface area is 98.6 Å². The zero-order valence-electron chi connectivity index (χ0n) is 7.33. The molecule has 0 spiro atoms. The number of furan rings is 1. The molecule has 0 saturated heterocycles. The summed E-state index contributed by atoms with van der Waals surface area (Å²) in [6, 6.07) is 1.84. The third-order valence-corrected chi connectivity index (χ3v) is 3.30. The van der Waals surface area contributed by atoms with E-state index < -0.39 is 6.10 Å². The largest absolute Gasteiger partial charge is 0.452 e. The number of hydrogen-bond acceptors (Lipinski definition) is 4. The van der Waals surface area contributed by atoms with Gasteiger partial charge in [-0.25, -0.2) is 0 Å². The van der Waals surface area contributed by atoms with Crippen molar-refractivity contribution in [2.24, 2.45) is 0 Å². The van der Waals surface area contributed by atoms with Crippen LogP contribution < -0.4 is 5.32 Å². The quantitative estimate of drug-likeness (QED) is 0.761. The van der Waals surface area contributed by atoms with Crippen molar-refractivity contribution in [3.63, 3.8) is 0 Å². The zero-order valence-corrected chi connectivity index (χ0v) is 10.5. The highest BCUT2D eigenvalue weighted by molar-refractivity contribution is 9.13. The Morgan fingerprint density at radius 2 is 2.21 bits per heavy atom. The maximum atomic E-state index is 9.03. The molecule has 1 aromatic heterocycles. The van der Waals surface area contributed by atoms with E-state index in [-0.39, 0.29) is 6.61 Å². The Morgan fingerprint density at radius 3 is 2.71 bits per heavy atom. The van der Waals surface area contributed by atoms with Gasteiger partial charge < -0.3 is 19.9 Å². The summed E-state index contributed by atoms with van der Waals surface area (Å²) in [4.78, 5) is 0. The number of hydrogen-bond donors (Lipinski definition) is 3. The summed E-state index contributed by atoms with van der Waals surface area (Å²) in [5.41, 5.74) is 0. The predicted octanol–water partition coefficient (Wildman–Crippen LogP) is 1.25. The molecule has 0 radical (unpaired) electrons. The fourth-order valence-electron chi connectivity index (χ4n) is 0.905. The van der Waals surface area contributed by atoms with Crippen LogP contribution in [0.4, 0.5) is 0 Å². The van der Waals surface area contributed by atoms with Crippen LogP contribution in [-0.4, -0.2) is 29.5 Å². The van der Waals surface area contributed by atoms with E-state index in [1.165, 1.54) is 0 Å². The van der Waals surface area contributed by atoms with Crippen LogP contribution in [0, 0.1) is 0 Å². The fraction of sp³-hybridized carbons (Fsp3) is 0.500. The molecule has 0 aliphatic carbocycles. The highest BCUT2D eigenvalue weighted by Gasteiger charge is 2.06. The SMILES string of the molecule is OCC(O)CNCc1cc(Br)c(Br)o1. The third kappa shape index (κ3) is 3.70. The first-order chi connectivity index (χ1) is 6.63. The lowest BCUT2D eigenvalue weighted by molar-refractivity contribution is 0.0938. The Morgan fingerprint density at radius 1 is 1.50 bits per heavy atom. The normalized spacial score (nSPS) is 13.1. The first-order valence-electron chi connectivity index (χ1n) is 4.07. The maximum Gasteiger partial charge on any atom is 0.183 e. The van der Waals surface area contributed by atoms with Crippen molar-refractivity contribution in [1.82, 2.24) is 5.32 Å². The molecule has 80 valence electrons. The van der Waals surface area contributed by atoms with Gasteiger partial charge in [0.05, 0.1) is 23.7 Å². The van der Waals surface area contributed by atoms with Crippen LogP contribution in [0.2, 0.25) is 0 Å². The molecule has 0 aliphatic heterocycles. The van der Waals surface area contributed by atoms with E-state index in [4.69, 9.17) is 14.6 Å². The van der Waals surface area contributed by atoms with E-state index in [1.54, 1.807) is 0 Å². The second-order valence-electron chi connectivity index (χ2n) is 2.80. The highest BCUT2D eigenvalue weighted by Crippen LogP contribution is 2.26. The molecule has 14 heavy (non-hydrogen) atoms. The van der Waals surface area contributed by atoms with Crippen molar-refractivity contribution in [2.75, 3.05) is 13.2 Å². The predicted molar refractivity (Wildman–Crippen MR) is 58.9 cm³/mol. The number of rotatable bonds is 5. The molecule has 0 aromatic carbocycles. The summed E-state index contributed by atoms with van der Waals surface area (Å²) in [6.45, 7) is 0.617. The van der Waals surface area contributed by atoms with Crippen LogP contribution in [0.5, 0.6) is 0 Å². The van der Waals surface area contributed by atoms with Crippen molar-refractivity contribution in [3.05, 3.63) is 21.0 Å². The monoisotopic (exact) mass is 327 g/mol. The number of nitrogens with one attached hydrogen (secondary N) is 1. The molecule has 1 rings (SSSR count). The summed E-state index contributed by atoms with van der Waals surface area (Å²) >= 11 is 6.51. The van der Waals surface area contributed by atoms with Gasteiger partial charge in [0.15, 0.2) is 4.67 Å². The number of halogens is 2. The van der Waals surface area contributed by atoms with E-state index in [2.05, 4.69) is 37.2 Å². The second-order valence-corrected chi connectivity index (χ2v) is 4.38. The molecular weight excluding hydrogens is 318 g/mol. The summed E-state index contributed by atoms with van der Waals surface area (Å²) < 4.78 is 6.80. The minimum absolute atomic E-state index is 0.238. The Hall–Kier alpha value is 0.120. The van der Waals surface area contributed by atoms with Crippen LogP contribution in [-0.2, 0) is 6.54 Å². The van der Waals surface area contributed by atoms with Crippen LogP contribution in [0.3, 0.4) is 0 Å². The topological polar surface area (TPSA) is 65.6 Å². The molecule has 1 heterocycles. The van der Waals surface area contributed by atoms with Gasteiger partial charge >= 0.3 is 0 Å². The van der Waals surface area contributed by atoms with E-state index in [9.17, 15) is 0 Å². The lowest BCUT2D eigenvalue weighted by atomic mass is 10.3. The minimum Gasteiger partial charge on any atom is -0.452 e. The van der Waals surface area contributed by atoms with Crippen LogP contribution in [0.1, 0.15) is 5.76 Å². The van der Waals surface area contributed by atoms with Gasteiger partial charge in [0, 0.05) is 6.54 Å². The average molecular weight is 329 g/mol. The van der Waals surface area contributed by atoms with Crippen LogP contribution in [0.15, 0.2) is 19.6 Å². The third-order valence-electron chi connectivity index (χ3n) is 1.59. The van der Waals surface area contributed by atoms with Crippen molar-refractivity contribution in [2.45, 2.75) is 12.6 Å². The smallest absolute Gasteiger partial charge is 0.183 e. The van der Waals surface area contributed by atoms with Gasteiger partial charge in [-0.3, -0.25) is 0 Å². The second kappa shape index (κ2) is 5.87. The van der Waals surface area contributed by atoms with E-state index >= 15 is 0 Å². The van der Waals surface area contributed by atoms with Crippen molar-refractivity contribution in [3.8, 4) is 0 Å².